The Morgan fingerprint density at radius 1 is 1.56 bits per heavy atom. The molecular weight excluding hydrogens is 224 g/mol. The van der Waals surface area contributed by atoms with E-state index in [0.29, 0.717) is 16.5 Å². The monoisotopic (exact) mass is 240 g/mol. The molecule has 3 nitrogen and oxygen atoms in total. The van der Waals surface area contributed by atoms with E-state index in [4.69, 9.17) is 17.3 Å². The van der Waals surface area contributed by atoms with Crippen LogP contribution in [0.25, 0.3) is 0 Å². The molecule has 0 aliphatic heterocycles. The summed E-state index contributed by atoms with van der Waals surface area (Å²) >= 11 is 6.01. The van der Waals surface area contributed by atoms with Crippen molar-refractivity contribution >= 4 is 23.2 Å². The van der Waals surface area contributed by atoms with Crippen molar-refractivity contribution in [2.75, 3.05) is 11.9 Å². The molecule has 1 atom stereocenters. The van der Waals surface area contributed by atoms with Crippen LogP contribution in [-0.2, 0) is 0 Å². The third kappa shape index (κ3) is 3.42. The third-order valence-electron chi connectivity index (χ3n) is 2.59. The van der Waals surface area contributed by atoms with Crippen LogP contribution in [0.4, 0.5) is 5.69 Å². The number of hydrogen-bond acceptors (Lipinski definition) is 2. The number of nitrogens with one attached hydrogen (secondary N) is 1. The van der Waals surface area contributed by atoms with Gasteiger partial charge >= 0.3 is 0 Å². The minimum atomic E-state index is -0.441. The van der Waals surface area contributed by atoms with Gasteiger partial charge in [0.05, 0.1) is 10.7 Å². The second-order valence-corrected chi connectivity index (χ2v) is 4.36. The van der Waals surface area contributed by atoms with Gasteiger partial charge in [-0.05, 0) is 24.1 Å². The Balaban J connectivity index is 2.78. The highest BCUT2D eigenvalue weighted by Gasteiger charge is 2.06. The standard InChI is InChI=1S/C12H17ClN2O/c1-3-8(2)7-15-11-6-9(12(14)16)4-5-10(11)13/h4-6,8,15H,3,7H2,1-2H3,(H2,14,16). The van der Waals surface area contributed by atoms with Gasteiger partial charge in [0.25, 0.3) is 0 Å². The first-order valence-corrected chi connectivity index (χ1v) is 5.75. The average molecular weight is 241 g/mol. The van der Waals surface area contributed by atoms with Gasteiger partial charge in [-0.2, -0.15) is 0 Å². The van der Waals surface area contributed by atoms with Gasteiger partial charge in [-0.3, -0.25) is 4.79 Å². The van der Waals surface area contributed by atoms with Crippen LogP contribution in [-0.4, -0.2) is 12.5 Å². The fraction of sp³-hybridized carbons (Fsp3) is 0.417. The first kappa shape index (κ1) is 12.8. The molecule has 0 aromatic heterocycles. The molecule has 88 valence electrons. The molecule has 1 rings (SSSR count). The summed E-state index contributed by atoms with van der Waals surface area (Å²) in [5, 5.41) is 3.82. The summed E-state index contributed by atoms with van der Waals surface area (Å²) in [6.45, 7) is 5.12. The first-order valence-electron chi connectivity index (χ1n) is 5.37. The summed E-state index contributed by atoms with van der Waals surface area (Å²) in [6, 6.07) is 4.99. The van der Waals surface area contributed by atoms with Crippen LogP contribution in [0, 0.1) is 5.92 Å². The fourth-order valence-corrected chi connectivity index (χ4v) is 1.43. The normalized spacial score (nSPS) is 12.2. The molecule has 0 aliphatic carbocycles. The van der Waals surface area contributed by atoms with Crippen LogP contribution in [0.2, 0.25) is 5.02 Å². The number of halogens is 1. The minimum Gasteiger partial charge on any atom is -0.384 e. The van der Waals surface area contributed by atoms with Crippen LogP contribution in [0.5, 0.6) is 0 Å². The average Bonchev–Trinajstić information content (AvgIpc) is 2.27. The zero-order chi connectivity index (χ0) is 12.1. The Morgan fingerprint density at radius 2 is 2.25 bits per heavy atom. The largest absolute Gasteiger partial charge is 0.384 e. The van der Waals surface area contributed by atoms with Crippen LogP contribution in [0.15, 0.2) is 18.2 Å². The Labute approximate surface area is 101 Å². The summed E-state index contributed by atoms with van der Waals surface area (Å²) < 4.78 is 0. The van der Waals surface area contributed by atoms with E-state index in [2.05, 4.69) is 19.2 Å². The van der Waals surface area contributed by atoms with E-state index in [1.54, 1.807) is 18.2 Å². The predicted octanol–water partition coefficient (Wildman–Crippen LogP) is 2.90. The minimum absolute atomic E-state index is 0.441. The molecule has 1 amide bonds. The van der Waals surface area contributed by atoms with Gasteiger partial charge in [0.2, 0.25) is 5.91 Å². The molecule has 3 N–H and O–H groups in total. The maximum absolute atomic E-state index is 11.0. The van der Waals surface area contributed by atoms with Crippen molar-refractivity contribution < 1.29 is 4.79 Å². The van der Waals surface area contributed by atoms with Gasteiger partial charge in [0.15, 0.2) is 0 Å². The van der Waals surface area contributed by atoms with Gasteiger partial charge in [-0.25, -0.2) is 0 Å². The molecule has 0 fully saturated rings. The van der Waals surface area contributed by atoms with Crippen LogP contribution >= 0.6 is 11.6 Å². The number of anilines is 1. The summed E-state index contributed by atoms with van der Waals surface area (Å²) in [5.41, 5.74) is 6.44. The Bertz CT molecular complexity index is 379. The molecular formula is C12H17ClN2O. The summed E-state index contributed by atoms with van der Waals surface area (Å²) in [6.07, 6.45) is 1.10. The number of nitrogens with two attached hydrogens (primary N) is 1. The van der Waals surface area contributed by atoms with Crippen molar-refractivity contribution in [1.82, 2.24) is 0 Å². The first-order chi connectivity index (χ1) is 7.54. The lowest BCUT2D eigenvalue weighted by molar-refractivity contribution is 0.100. The molecule has 16 heavy (non-hydrogen) atoms. The number of hydrogen-bond donors (Lipinski definition) is 2. The van der Waals surface area contributed by atoms with E-state index in [-0.39, 0.29) is 0 Å². The zero-order valence-electron chi connectivity index (χ0n) is 9.59. The van der Waals surface area contributed by atoms with Crippen molar-refractivity contribution in [1.29, 1.82) is 0 Å². The van der Waals surface area contributed by atoms with Crippen molar-refractivity contribution in [2.24, 2.45) is 11.7 Å². The quantitative estimate of drug-likeness (QED) is 0.832. The highest BCUT2D eigenvalue weighted by atomic mass is 35.5. The molecule has 0 spiro atoms. The third-order valence-corrected chi connectivity index (χ3v) is 2.92. The lowest BCUT2D eigenvalue weighted by Crippen LogP contribution is -2.13. The fourth-order valence-electron chi connectivity index (χ4n) is 1.24. The highest BCUT2D eigenvalue weighted by molar-refractivity contribution is 6.33. The Hall–Kier alpha value is -1.22. The second kappa shape index (κ2) is 5.75. The maximum atomic E-state index is 11.0. The van der Waals surface area contributed by atoms with Gasteiger partial charge in [0.1, 0.15) is 0 Å². The van der Waals surface area contributed by atoms with Crippen LogP contribution < -0.4 is 11.1 Å². The number of carbonyl (C=O) groups excluding carboxylic acids is 1. The molecule has 0 saturated carbocycles. The lowest BCUT2D eigenvalue weighted by atomic mass is 10.1. The van der Waals surface area contributed by atoms with E-state index in [9.17, 15) is 4.79 Å². The predicted molar refractivity (Wildman–Crippen MR) is 67.9 cm³/mol. The number of benzene rings is 1. The second-order valence-electron chi connectivity index (χ2n) is 3.95. The number of amides is 1. The summed E-state index contributed by atoms with van der Waals surface area (Å²) in [5.74, 6) is 0.122. The number of carbonyl (C=O) groups is 1. The topological polar surface area (TPSA) is 55.1 Å². The van der Waals surface area contributed by atoms with Crippen molar-refractivity contribution in [3.05, 3.63) is 28.8 Å². The maximum Gasteiger partial charge on any atom is 0.248 e. The van der Waals surface area contributed by atoms with Crippen molar-refractivity contribution in [3.63, 3.8) is 0 Å². The van der Waals surface area contributed by atoms with Crippen LogP contribution in [0.3, 0.4) is 0 Å². The van der Waals surface area contributed by atoms with Crippen molar-refractivity contribution in [2.45, 2.75) is 20.3 Å². The molecule has 1 unspecified atom stereocenters. The molecule has 4 heteroatoms. The molecule has 0 aliphatic rings. The number of primary amides is 1. The molecule has 1 aromatic rings. The molecule has 0 bridgehead atoms. The zero-order valence-corrected chi connectivity index (χ0v) is 10.3. The lowest BCUT2D eigenvalue weighted by Gasteiger charge is -2.13. The van der Waals surface area contributed by atoms with Gasteiger partial charge < -0.3 is 11.1 Å². The molecule has 0 heterocycles. The smallest absolute Gasteiger partial charge is 0.248 e. The summed E-state index contributed by atoms with van der Waals surface area (Å²) in [7, 11) is 0. The van der Waals surface area contributed by atoms with Crippen molar-refractivity contribution in [3.8, 4) is 0 Å². The van der Waals surface area contributed by atoms with E-state index in [0.717, 1.165) is 18.7 Å². The van der Waals surface area contributed by atoms with E-state index >= 15 is 0 Å². The van der Waals surface area contributed by atoms with Crippen LogP contribution in [0.1, 0.15) is 30.6 Å². The van der Waals surface area contributed by atoms with Gasteiger partial charge in [-0.1, -0.05) is 31.9 Å². The SMILES string of the molecule is CCC(C)CNc1cc(C(N)=O)ccc1Cl. The Kier molecular flexibility index (Phi) is 4.62. The molecule has 1 aromatic carbocycles. The molecule has 0 radical (unpaired) electrons. The Morgan fingerprint density at radius 3 is 2.81 bits per heavy atom. The number of rotatable bonds is 5. The van der Waals surface area contributed by atoms with Gasteiger partial charge in [0, 0.05) is 12.1 Å². The molecule has 0 saturated heterocycles. The van der Waals surface area contributed by atoms with E-state index < -0.39 is 5.91 Å². The van der Waals surface area contributed by atoms with E-state index in [1.807, 2.05) is 0 Å². The summed E-state index contributed by atoms with van der Waals surface area (Å²) in [4.78, 5) is 11.0. The van der Waals surface area contributed by atoms with Gasteiger partial charge in [-0.15, -0.1) is 0 Å². The van der Waals surface area contributed by atoms with E-state index in [1.165, 1.54) is 0 Å². The highest BCUT2D eigenvalue weighted by Crippen LogP contribution is 2.23.